The van der Waals surface area contributed by atoms with Crippen molar-refractivity contribution < 1.29 is 19.5 Å². The Morgan fingerprint density at radius 1 is 1.08 bits per heavy atom. The van der Waals surface area contributed by atoms with Gasteiger partial charge in [0.15, 0.2) is 5.78 Å². The van der Waals surface area contributed by atoms with Crippen LogP contribution in [0.15, 0.2) is 23.3 Å². The monoisotopic (exact) mass is 346 g/mol. The van der Waals surface area contributed by atoms with Crippen LogP contribution < -0.4 is 5.32 Å². The van der Waals surface area contributed by atoms with Crippen LogP contribution >= 0.6 is 0 Å². The number of aliphatic hydroxyl groups excluding tert-OH is 1. The molecule has 0 bridgehead atoms. The number of carbonyl (C=O) groups is 3. The molecule has 5 unspecified atom stereocenters. The summed E-state index contributed by atoms with van der Waals surface area (Å²) in [6.07, 6.45) is 4.83. The third-order valence-corrected chi connectivity index (χ3v) is 5.68. The standard InChI is InChI=1S/C19H26N2O4/c1-4-5-6-7-21-13(23)9-11(3)15-17(21)19(25)16-14(18(15)24)10(2)8-12(22)20-16/h8-9,14-17,19,25H,4-7H2,1-3H3,(H,20,22). The molecular formula is C19H26N2O4. The fraction of sp³-hybridized carbons (Fsp3) is 0.632. The Morgan fingerprint density at radius 3 is 2.44 bits per heavy atom. The molecule has 2 amide bonds. The van der Waals surface area contributed by atoms with E-state index in [1.54, 1.807) is 18.7 Å². The van der Waals surface area contributed by atoms with E-state index in [2.05, 4.69) is 12.2 Å². The summed E-state index contributed by atoms with van der Waals surface area (Å²) in [6.45, 7) is 6.14. The highest BCUT2D eigenvalue weighted by atomic mass is 16.3. The molecule has 0 aromatic carbocycles. The molecule has 1 aliphatic carbocycles. The summed E-state index contributed by atoms with van der Waals surface area (Å²) in [5.41, 5.74) is 1.38. The van der Waals surface area contributed by atoms with Gasteiger partial charge >= 0.3 is 0 Å². The van der Waals surface area contributed by atoms with Crippen molar-refractivity contribution in [2.24, 2.45) is 11.8 Å². The molecule has 0 aromatic heterocycles. The van der Waals surface area contributed by atoms with Crippen LogP contribution in [0.5, 0.6) is 0 Å². The van der Waals surface area contributed by atoms with E-state index in [4.69, 9.17) is 0 Å². The molecule has 3 rings (SSSR count). The molecule has 2 aliphatic heterocycles. The summed E-state index contributed by atoms with van der Waals surface area (Å²) in [6, 6.07) is -1.27. The molecule has 3 aliphatic rings. The van der Waals surface area contributed by atoms with Crippen molar-refractivity contribution in [1.82, 2.24) is 10.2 Å². The second-order valence-electron chi connectivity index (χ2n) is 7.39. The first kappa shape index (κ1) is 17.9. The maximum absolute atomic E-state index is 13.2. The number of carbonyl (C=O) groups excluding carboxylic acids is 3. The van der Waals surface area contributed by atoms with E-state index in [1.807, 2.05) is 0 Å². The number of hydrogen-bond donors (Lipinski definition) is 2. The maximum Gasteiger partial charge on any atom is 0.246 e. The van der Waals surface area contributed by atoms with Crippen molar-refractivity contribution in [1.29, 1.82) is 0 Å². The van der Waals surface area contributed by atoms with Gasteiger partial charge in [0.1, 0.15) is 0 Å². The Balaban J connectivity index is 1.98. The van der Waals surface area contributed by atoms with Crippen LogP contribution in [-0.4, -0.2) is 52.3 Å². The lowest BCUT2D eigenvalue weighted by molar-refractivity contribution is -0.148. The minimum atomic E-state index is -0.963. The summed E-state index contributed by atoms with van der Waals surface area (Å²) in [5, 5.41) is 13.7. The number of amides is 2. The lowest BCUT2D eigenvalue weighted by Crippen LogP contribution is -2.69. The van der Waals surface area contributed by atoms with Gasteiger partial charge in [-0.2, -0.15) is 0 Å². The number of fused-ring (bicyclic) bond motifs is 2. The number of nitrogens with one attached hydrogen (secondary N) is 1. The zero-order chi connectivity index (χ0) is 18.3. The van der Waals surface area contributed by atoms with E-state index in [1.165, 1.54) is 12.2 Å². The van der Waals surface area contributed by atoms with E-state index in [9.17, 15) is 19.5 Å². The number of nitrogens with zero attached hydrogens (tertiary/aromatic N) is 1. The lowest BCUT2D eigenvalue weighted by Gasteiger charge is -2.51. The molecule has 5 atom stereocenters. The van der Waals surface area contributed by atoms with E-state index < -0.39 is 30.0 Å². The summed E-state index contributed by atoms with van der Waals surface area (Å²) < 4.78 is 0. The fourth-order valence-corrected chi connectivity index (χ4v) is 4.49. The summed E-state index contributed by atoms with van der Waals surface area (Å²) in [4.78, 5) is 39.2. The third kappa shape index (κ3) is 2.92. The molecular weight excluding hydrogens is 320 g/mol. The van der Waals surface area contributed by atoms with E-state index in [0.717, 1.165) is 19.3 Å². The lowest BCUT2D eigenvalue weighted by atomic mass is 9.65. The Kier molecular flexibility index (Phi) is 4.82. The van der Waals surface area contributed by atoms with Crippen molar-refractivity contribution in [3.63, 3.8) is 0 Å². The second kappa shape index (κ2) is 6.75. The molecule has 6 nitrogen and oxygen atoms in total. The van der Waals surface area contributed by atoms with Gasteiger partial charge in [0.2, 0.25) is 11.8 Å². The molecule has 2 heterocycles. The van der Waals surface area contributed by atoms with Crippen molar-refractivity contribution in [3.8, 4) is 0 Å². The predicted molar refractivity (Wildman–Crippen MR) is 92.5 cm³/mol. The van der Waals surface area contributed by atoms with Crippen molar-refractivity contribution in [2.45, 2.75) is 58.2 Å². The molecule has 1 fully saturated rings. The first-order valence-electron chi connectivity index (χ1n) is 9.06. The predicted octanol–water partition coefficient (Wildman–Crippen LogP) is 0.954. The third-order valence-electron chi connectivity index (χ3n) is 5.68. The van der Waals surface area contributed by atoms with Crippen molar-refractivity contribution >= 4 is 17.6 Å². The summed E-state index contributed by atoms with van der Waals surface area (Å²) in [5.74, 6) is -1.50. The molecule has 2 N–H and O–H groups in total. The first-order chi connectivity index (χ1) is 11.9. The first-order valence-corrected chi connectivity index (χ1v) is 9.06. The number of rotatable bonds is 4. The van der Waals surface area contributed by atoms with E-state index >= 15 is 0 Å². The van der Waals surface area contributed by atoms with Gasteiger partial charge in [-0.05, 0) is 20.3 Å². The zero-order valence-corrected chi connectivity index (χ0v) is 15.0. The second-order valence-corrected chi connectivity index (χ2v) is 7.39. The van der Waals surface area contributed by atoms with Crippen molar-refractivity contribution in [3.05, 3.63) is 23.3 Å². The van der Waals surface area contributed by atoms with Gasteiger partial charge in [-0.25, -0.2) is 0 Å². The number of Topliss-reactive ketones (excluding diaryl/α,β-unsaturated/α-hetero) is 1. The zero-order valence-electron chi connectivity index (χ0n) is 15.0. The van der Waals surface area contributed by atoms with Crippen LogP contribution in [0.2, 0.25) is 0 Å². The Labute approximate surface area is 148 Å². The van der Waals surface area contributed by atoms with Crippen LogP contribution in [0.1, 0.15) is 40.0 Å². The largest absolute Gasteiger partial charge is 0.389 e. The van der Waals surface area contributed by atoms with Gasteiger partial charge in [0.05, 0.1) is 30.0 Å². The number of ketones is 1. The number of hydrogen-bond acceptors (Lipinski definition) is 4. The highest BCUT2D eigenvalue weighted by Crippen LogP contribution is 2.41. The fourth-order valence-electron chi connectivity index (χ4n) is 4.49. The topological polar surface area (TPSA) is 86.7 Å². The van der Waals surface area contributed by atoms with Gasteiger partial charge in [-0.15, -0.1) is 0 Å². The Morgan fingerprint density at radius 2 is 1.76 bits per heavy atom. The molecule has 0 spiro atoms. The molecule has 0 saturated heterocycles. The highest BCUT2D eigenvalue weighted by Gasteiger charge is 2.55. The van der Waals surface area contributed by atoms with E-state index in [-0.39, 0.29) is 17.6 Å². The smallest absolute Gasteiger partial charge is 0.246 e. The van der Waals surface area contributed by atoms with Crippen LogP contribution in [-0.2, 0) is 14.4 Å². The normalized spacial score (nSPS) is 34.8. The molecule has 136 valence electrons. The van der Waals surface area contributed by atoms with Gasteiger partial charge in [0, 0.05) is 18.7 Å². The van der Waals surface area contributed by atoms with Crippen molar-refractivity contribution in [2.75, 3.05) is 6.54 Å². The highest BCUT2D eigenvalue weighted by molar-refractivity contribution is 6.00. The molecule has 6 heteroatoms. The molecule has 0 radical (unpaired) electrons. The number of unbranched alkanes of at least 4 members (excludes halogenated alkanes) is 2. The van der Waals surface area contributed by atoms with Crippen LogP contribution in [0.4, 0.5) is 0 Å². The quantitative estimate of drug-likeness (QED) is 0.742. The number of aliphatic hydroxyl groups is 1. The van der Waals surface area contributed by atoms with Gasteiger partial charge in [-0.3, -0.25) is 14.4 Å². The van der Waals surface area contributed by atoms with Crippen LogP contribution in [0.3, 0.4) is 0 Å². The van der Waals surface area contributed by atoms with Crippen LogP contribution in [0, 0.1) is 11.8 Å². The Hall–Kier alpha value is -1.95. The maximum atomic E-state index is 13.2. The van der Waals surface area contributed by atoms with Gasteiger partial charge in [-0.1, -0.05) is 30.9 Å². The van der Waals surface area contributed by atoms with Gasteiger partial charge in [0.25, 0.3) is 0 Å². The average molecular weight is 346 g/mol. The molecule has 0 aromatic rings. The van der Waals surface area contributed by atoms with Crippen LogP contribution in [0.25, 0.3) is 0 Å². The summed E-state index contributed by atoms with van der Waals surface area (Å²) in [7, 11) is 0. The Bertz CT molecular complexity index is 666. The average Bonchev–Trinajstić information content (AvgIpc) is 2.53. The minimum Gasteiger partial charge on any atom is -0.389 e. The van der Waals surface area contributed by atoms with Gasteiger partial charge < -0.3 is 15.3 Å². The minimum absolute atomic E-state index is 0.0178. The molecule has 1 saturated carbocycles. The van der Waals surface area contributed by atoms with E-state index in [0.29, 0.717) is 17.7 Å². The SMILES string of the molecule is CCCCCN1C(=O)C=C(C)C2C(=O)C3C(C)=CC(=O)NC3C(O)C21. The molecule has 25 heavy (non-hydrogen) atoms. The summed E-state index contributed by atoms with van der Waals surface area (Å²) >= 11 is 0.